The molecule has 1 saturated heterocycles. The molecule has 5 heteroatoms. The molecule has 5 nitrogen and oxygen atoms in total. The highest BCUT2D eigenvalue weighted by Gasteiger charge is 2.54. The molecule has 4 aliphatic rings. The fourth-order valence-electron chi connectivity index (χ4n) is 6.99. The van der Waals surface area contributed by atoms with Crippen molar-refractivity contribution in [2.75, 3.05) is 31.1 Å². The first-order valence-corrected chi connectivity index (χ1v) is 12.5. The van der Waals surface area contributed by atoms with E-state index in [0.29, 0.717) is 36.6 Å². The Labute approximate surface area is 192 Å². The standard InChI is InChI=1S/C27H38N2O3/c1-26(2,3)32-25(31)29-15-13-28(14-16-29)19-7-5-18-6-8-21-20(22(18)17-19)11-12-27(4)23(21)9-10-24(27)30/h5,7,17,20-21,23H,6,8-16H2,1-4H3/t20-,21+,23-,27-/m0/s1. The molecule has 4 atom stereocenters. The summed E-state index contributed by atoms with van der Waals surface area (Å²) >= 11 is 0. The molecule has 0 unspecified atom stereocenters. The molecule has 1 aliphatic heterocycles. The van der Waals surface area contributed by atoms with Crippen molar-refractivity contribution in [2.24, 2.45) is 17.3 Å². The number of hydrogen-bond acceptors (Lipinski definition) is 4. The average Bonchev–Trinajstić information content (AvgIpc) is 3.07. The summed E-state index contributed by atoms with van der Waals surface area (Å²) in [5, 5.41) is 0. The number of hydrogen-bond donors (Lipinski definition) is 0. The molecule has 32 heavy (non-hydrogen) atoms. The summed E-state index contributed by atoms with van der Waals surface area (Å²) in [4.78, 5) is 29.3. The zero-order valence-electron chi connectivity index (χ0n) is 20.2. The van der Waals surface area contributed by atoms with Crippen LogP contribution >= 0.6 is 0 Å². The summed E-state index contributed by atoms with van der Waals surface area (Å²) in [5.41, 5.74) is 3.81. The Morgan fingerprint density at radius 2 is 1.81 bits per heavy atom. The van der Waals surface area contributed by atoms with Crippen LogP contribution in [-0.4, -0.2) is 48.6 Å². The number of rotatable bonds is 1. The molecule has 3 fully saturated rings. The van der Waals surface area contributed by atoms with Crippen molar-refractivity contribution >= 4 is 17.6 Å². The topological polar surface area (TPSA) is 49.9 Å². The van der Waals surface area contributed by atoms with E-state index in [4.69, 9.17) is 4.74 Å². The van der Waals surface area contributed by atoms with Crippen molar-refractivity contribution in [3.05, 3.63) is 29.3 Å². The highest BCUT2D eigenvalue weighted by atomic mass is 16.6. The fraction of sp³-hybridized carbons (Fsp3) is 0.704. The van der Waals surface area contributed by atoms with E-state index in [1.54, 1.807) is 0 Å². The summed E-state index contributed by atoms with van der Waals surface area (Å²) in [6.45, 7) is 11.0. The van der Waals surface area contributed by atoms with E-state index in [9.17, 15) is 9.59 Å². The minimum atomic E-state index is -0.455. The number of nitrogens with zero attached hydrogens (tertiary/aromatic N) is 2. The second-order valence-electron chi connectivity index (χ2n) is 11.7. The van der Waals surface area contributed by atoms with Gasteiger partial charge in [0.2, 0.25) is 0 Å². The first-order chi connectivity index (χ1) is 15.2. The number of piperazine rings is 1. The predicted octanol–water partition coefficient (Wildman–Crippen LogP) is 5.17. The number of amides is 1. The lowest BCUT2D eigenvalue weighted by Gasteiger charge is -2.48. The van der Waals surface area contributed by atoms with Gasteiger partial charge in [0.1, 0.15) is 11.4 Å². The van der Waals surface area contributed by atoms with Crippen molar-refractivity contribution in [3.8, 4) is 0 Å². The monoisotopic (exact) mass is 438 g/mol. The van der Waals surface area contributed by atoms with Gasteiger partial charge >= 0.3 is 6.09 Å². The Kier molecular flexibility index (Phi) is 5.29. The van der Waals surface area contributed by atoms with Gasteiger partial charge in [-0.25, -0.2) is 4.79 Å². The number of fused-ring (bicyclic) bond motifs is 5. The zero-order valence-corrected chi connectivity index (χ0v) is 20.2. The molecule has 0 aromatic heterocycles. The Bertz CT molecular complexity index is 912. The number of ether oxygens (including phenoxy) is 1. The molecule has 3 aliphatic carbocycles. The molecule has 1 amide bonds. The largest absolute Gasteiger partial charge is 0.444 e. The molecule has 1 aromatic rings. The first-order valence-electron chi connectivity index (χ1n) is 12.5. The molecule has 1 aromatic carbocycles. The van der Waals surface area contributed by atoms with E-state index in [2.05, 4.69) is 30.0 Å². The summed E-state index contributed by atoms with van der Waals surface area (Å²) in [7, 11) is 0. The quantitative estimate of drug-likeness (QED) is 0.607. The third-order valence-corrected chi connectivity index (χ3v) is 8.72. The van der Waals surface area contributed by atoms with Crippen molar-refractivity contribution in [2.45, 2.75) is 77.7 Å². The van der Waals surface area contributed by atoms with Crippen molar-refractivity contribution in [3.63, 3.8) is 0 Å². The Balaban J connectivity index is 1.30. The zero-order chi connectivity index (χ0) is 22.7. The van der Waals surface area contributed by atoms with Crippen LogP contribution in [0.1, 0.15) is 76.8 Å². The Morgan fingerprint density at radius 3 is 2.53 bits per heavy atom. The van der Waals surface area contributed by atoms with Gasteiger partial charge in [-0.1, -0.05) is 13.0 Å². The molecule has 5 rings (SSSR count). The summed E-state index contributed by atoms with van der Waals surface area (Å²) in [5.74, 6) is 2.35. The molecule has 2 saturated carbocycles. The third kappa shape index (κ3) is 3.72. The van der Waals surface area contributed by atoms with Gasteiger partial charge in [-0.15, -0.1) is 0 Å². The van der Waals surface area contributed by atoms with Crippen molar-refractivity contribution in [1.29, 1.82) is 0 Å². The van der Waals surface area contributed by atoms with Crippen LogP contribution in [0.3, 0.4) is 0 Å². The van der Waals surface area contributed by atoms with Crippen LogP contribution < -0.4 is 4.90 Å². The molecule has 0 bridgehead atoms. The fourth-order valence-corrected chi connectivity index (χ4v) is 6.99. The normalized spacial score (nSPS) is 32.2. The molecular weight excluding hydrogens is 400 g/mol. The molecule has 0 spiro atoms. The van der Waals surface area contributed by atoms with E-state index in [0.717, 1.165) is 45.2 Å². The van der Waals surface area contributed by atoms with Crippen LogP contribution in [0.2, 0.25) is 0 Å². The summed E-state index contributed by atoms with van der Waals surface area (Å²) in [6.07, 6.45) is 6.25. The maximum atomic E-state index is 12.6. The summed E-state index contributed by atoms with van der Waals surface area (Å²) in [6, 6.07) is 7.05. The maximum Gasteiger partial charge on any atom is 0.410 e. The van der Waals surface area contributed by atoms with Gasteiger partial charge in [0.05, 0.1) is 0 Å². The maximum absolute atomic E-state index is 12.6. The third-order valence-electron chi connectivity index (χ3n) is 8.72. The average molecular weight is 439 g/mol. The molecule has 1 heterocycles. The van der Waals surface area contributed by atoms with Crippen LogP contribution in [0.25, 0.3) is 0 Å². The summed E-state index contributed by atoms with van der Waals surface area (Å²) < 4.78 is 5.55. The van der Waals surface area contributed by atoms with Gasteiger partial charge in [-0.05, 0) is 93.9 Å². The van der Waals surface area contributed by atoms with Gasteiger partial charge < -0.3 is 14.5 Å². The second kappa shape index (κ2) is 7.78. The van der Waals surface area contributed by atoms with E-state index >= 15 is 0 Å². The minimum absolute atomic E-state index is 0.0612. The first kappa shape index (κ1) is 21.8. The van der Waals surface area contributed by atoms with E-state index in [1.165, 1.54) is 23.2 Å². The van der Waals surface area contributed by atoms with Crippen molar-refractivity contribution < 1.29 is 14.3 Å². The van der Waals surface area contributed by atoms with Crippen LogP contribution in [-0.2, 0) is 16.0 Å². The Morgan fingerprint density at radius 1 is 1.06 bits per heavy atom. The van der Waals surface area contributed by atoms with Gasteiger partial charge in [0.15, 0.2) is 0 Å². The van der Waals surface area contributed by atoms with Crippen molar-refractivity contribution in [1.82, 2.24) is 4.90 Å². The van der Waals surface area contributed by atoms with Crippen LogP contribution in [0.15, 0.2) is 18.2 Å². The van der Waals surface area contributed by atoms with Gasteiger partial charge in [0, 0.05) is 43.7 Å². The number of aryl methyl sites for hydroxylation is 1. The number of Topliss-reactive ketones (excluding diaryl/α,β-unsaturated/α-hetero) is 1. The number of benzene rings is 1. The van der Waals surface area contributed by atoms with E-state index in [-0.39, 0.29) is 11.5 Å². The minimum Gasteiger partial charge on any atom is -0.444 e. The number of carbonyl (C=O) groups is 2. The second-order valence-corrected chi connectivity index (χ2v) is 11.7. The predicted molar refractivity (Wildman–Crippen MR) is 126 cm³/mol. The van der Waals surface area contributed by atoms with E-state index < -0.39 is 5.60 Å². The lowest BCUT2D eigenvalue weighted by atomic mass is 9.55. The molecular formula is C27H38N2O3. The Hall–Kier alpha value is -2.04. The SMILES string of the molecule is CC(C)(C)OC(=O)N1CCN(c2ccc3c(c2)[C@H]2CC[C@]4(C)C(=O)CC[C@H]4[C@@H]2CC3)CC1. The molecule has 174 valence electrons. The van der Waals surface area contributed by atoms with Crippen LogP contribution in [0, 0.1) is 17.3 Å². The highest BCUT2D eigenvalue weighted by molar-refractivity contribution is 5.87. The lowest BCUT2D eigenvalue weighted by Crippen LogP contribution is -2.50. The highest BCUT2D eigenvalue weighted by Crippen LogP contribution is 2.59. The number of carbonyl (C=O) groups excluding carboxylic acids is 2. The van der Waals surface area contributed by atoms with Gasteiger partial charge in [-0.3, -0.25) is 4.79 Å². The van der Waals surface area contributed by atoms with E-state index in [1.807, 2.05) is 25.7 Å². The molecule has 0 radical (unpaired) electrons. The van der Waals surface area contributed by atoms with Crippen LogP contribution in [0.5, 0.6) is 0 Å². The van der Waals surface area contributed by atoms with Gasteiger partial charge in [-0.2, -0.15) is 0 Å². The van der Waals surface area contributed by atoms with Gasteiger partial charge in [0.25, 0.3) is 0 Å². The number of ketones is 1. The lowest BCUT2D eigenvalue weighted by molar-refractivity contribution is -0.129. The molecule has 0 N–H and O–H groups in total. The van der Waals surface area contributed by atoms with Crippen LogP contribution in [0.4, 0.5) is 10.5 Å². The smallest absolute Gasteiger partial charge is 0.410 e. The number of anilines is 1.